The summed E-state index contributed by atoms with van der Waals surface area (Å²) in [5, 5.41) is 0. The molecule has 0 N–H and O–H groups in total. The molecule has 32 valence electrons. The average Bonchev–Trinajstić information content (AvgIpc) is 0. The van der Waals surface area contributed by atoms with Crippen molar-refractivity contribution >= 4 is 0 Å². The molecular formula is Cl4Li4. The molecule has 0 aliphatic carbocycles. The molecule has 0 saturated heterocycles. The smallest absolute Gasteiger partial charge is 1.00 e. The molecule has 0 atom stereocenters. The zero-order chi connectivity index (χ0) is 0. The van der Waals surface area contributed by atoms with Crippen molar-refractivity contribution in [3.63, 3.8) is 0 Å². The summed E-state index contributed by atoms with van der Waals surface area (Å²) in [6.07, 6.45) is 0. The van der Waals surface area contributed by atoms with E-state index in [2.05, 4.69) is 0 Å². The Morgan fingerprint density at radius 3 is 0.250 bits per heavy atom. The first-order valence-corrected chi connectivity index (χ1v) is 0. The predicted molar refractivity (Wildman–Crippen MR) is 0 cm³/mol. The van der Waals surface area contributed by atoms with Crippen molar-refractivity contribution in [3.8, 4) is 0 Å². The van der Waals surface area contributed by atoms with Crippen LogP contribution in [0.4, 0.5) is 0 Å². The molecule has 8 heteroatoms. The van der Waals surface area contributed by atoms with E-state index in [9.17, 15) is 0 Å². The summed E-state index contributed by atoms with van der Waals surface area (Å²) >= 11 is 0. The molecule has 8 heavy (non-hydrogen) atoms. The van der Waals surface area contributed by atoms with Gasteiger partial charge in [0.05, 0.1) is 0 Å². The van der Waals surface area contributed by atoms with Crippen molar-refractivity contribution in [1.29, 1.82) is 0 Å². The molecule has 0 fully saturated rings. The van der Waals surface area contributed by atoms with Crippen LogP contribution in [0.1, 0.15) is 0 Å². The standard InChI is InChI=1S/4ClH.4Li/h4*1H;;;;/q;;;;4*+1/p-4. The molecule has 0 aromatic carbocycles. The molecule has 0 nitrogen and oxygen atoms in total. The minimum Gasteiger partial charge on any atom is -1.00 e. The molecular weight excluding hydrogens is 170 g/mol. The minimum absolute atomic E-state index is 0. The molecule has 0 heterocycles. The van der Waals surface area contributed by atoms with Crippen molar-refractivity contribution in [2.24, 2.45) is 0 Å². The fraction of sp³-hybridized carbons (Fsp3) is 0. The van der Waals surface area contributed by atoms with E-state index < -0.39 is 0 Å². The molecule has 0 aliphatic rings. The van der Waals surface area contributed by atoms with Crippen LogP contribution in [0.3, 0.4) is 0 Å². The summed E-state index contributed by atoms with van der Waals surface area (Å²) in [5.74, 6) is 0. The summed E-state index contributed by atoms with van der Waals surface area (Å²) in [7, 11) is 0. The topological polar surface area (TPSA) is 0 Å². The Bertz CT molecular complexity index is 8.00. The minimum atomic E-state index is 0. The maximum atomic E-state index is 0. The van der Waals surface area contributed by atoms with Gasteiger partial charge in [-0.3, -0.25) is 0 Å². The summed E-state index contributed by atoms with van der Waals surface area (Å²) in [5.41, 5.74) is 0. The first-order chi connectivity index (χ1) is 0. The van der Waals surface area contributed by atoms with Crippen LogP contribution >= 0.6 is 0 Å². The Hall–Kier alpha value is 3.55. The summed E-state index contributed by atoms with van der Waals surface area (Å²) < 4.78 is 0. The zero-order valence-electron chi connectivity index (χ0n) is 5.51. The van der Waals surface area contributed by atoms with E-state index in [1.54, 1.807) is 0 Å². The van der Waals surface area contributed by atoms with Crippen molar-refractivity contribution in [1.82, 2.24) is 0 Å². The Morgan fingerprint density at radius 1 is 0.250 bits per heavy atom. The third kappa shape index (κ3) is 55.4. The van der Waals surface area contributed by atoms with Gasteiger partial charge in [-0.25, -0.2) is 0 Å². The van der Waals surface area contributed by atoms with Crippen molar-refractivity contribution in [2.75, 3.05) is 0 Å². The Morgan fingerprint density at radius 2 is 0.250 bits per heavy atom. The van der Waals surface area contributed by atoms with Gasteiger partial charge in [0.15, 0.2) is 0 Å². The van der Waals surface area contributed by atoms with E-state index in [4.69, 9.17) is 0 Å². The van der Waals surface area contributed by atoms with Crippen LogP contribution in [-0.4, -0.2) is 0 Å². The third-order valence-electron chi connectivity index (χ3n) is 0. The average molecular weight is 170 g/mol. The monoisotopic (exact) mass is 168 g/mol. The van der Waals surface area contributed by atoms with E-state index in [-0.39, 0.29) is 125 Å². The summed E-state index contributed by atoms with van der Waals surface area (Å²) in [6.45, 7) is 0. The second kappa shape index (κ2) is 76.4. The van der Waals surface area contributed by atoms with Gasteiger partial charge in [0.1, 0.15) is 0 Å². The van der Waals surface area contributed by atoms with Crippen LogP contribution in [0.15, 0.2) is 0 Å². The van der Waals surface area contributed by atoms with Crippen molar-refractivity contribution in [2.45, 2.75) is 0 Å². The molecule has 0 rings (SSSR count). The predicted octanol–water partition coefficient (Wildman–Crippen LogP) is -24.0. The van der Waals surface area contributed by atoms with E-state index in [0.29, 0.717) is 0 Å². The van der Waals surface area contributed by atoms with E-state index >= 15 is 0 Å². The molecule has 0 aliphatic heterocycles. The molecule has 0 amide bonds. The summed E-state index contributed by atoms with van der Waals surface area (Å²) in [6, 6.07) is 0. The van der Waals surface area contributed by atoms with Crippen molar-refractivity contribution in [3.05, 3.63) is 0 Å². The normalized spacial score (nSPS) is 0. The van der Waals surface area contributed by atoms with Gasteiger partial charge >= 0.3 is 75.4 Å². The van der Waals surface area contributed by atoms with Gasteiger partial charge in [-0.05, 0) is 0 Å². The van der Waals surface area contributed by atoms with Crippen molar-refractivity contribution < 1.29 is 125 Å². The Labute approximate surface area is 123 Å². The zero-order valence-corrected chi connectivity index (χ0v) is 8.54. The van der Waals surface area contributed by atoms with Gasteiger partial charge in [-0.2, -0.15) is 0 Å². The van der Waals surface area contributed by atoms with Gasteiger partial charge in [-0.1, -0.05) is 0 Å². The number of rotatable bonds is 0. The van der Waals surface area contributed by atoms with Gasteiger partial charge in [0.25, 0.3) is 0 Å². The van der Waals surface area contributed by atoms with Gasteiger partial charge in [0.2, 0.25) is 0 Å². The maximum absolute atomic E-state index is 0. The molecule has 0 saturated carbocycles. The third-order valence-corrected chi connectivity index (χ3v) is 0. The molecule has 0 bridgehead atoms. The Kier molecular flexibility index (Phi) is 974. The second-order valence-electron chi connectivity index (χ2n) is 0. The van der Waals surface area contributed by atoms with Gasteiger partial charge in [-0.15, -0.1) is 0 Å². The molecule has 0 aromatic rings. The van der Waals surface area contributed by atoms with E-state index in [1.807, 2.05) is 0 Å². The fourth-order valence-corrected chi connectivity index (χ4v) is 0. The summed E-state index contributed by atoms with van der Waals surface area (Å²) in [4.78, 5) is 0. The quantitative estimate of drug-likeness (QED) is 0.316. The molecule has 0 radical (unpaired) electrons. The Balaban J connectivity index is 0. The first-order valence-electron chi connectivity index (χ1n) is 0. The SMILES string of the molecule is [Cl-].[Cl-].[Cl-].[Cl-].[Li+].[Li+].[Li+].[Li+]. The van der Waals surface area contributed by atoms with Gasteiger partial charge in [0, 0.05) is 0 Å². The fourth-order valence-electron chi connectivity index (χ4n) is 0. The maximum Gasteiger partial charge on any atom is 1.00 e. The molecule has 0 spiro atoms. The van der Waals surface area contributed by atoms with Crippen LogP contribution < -0.4 is 125 Å². The number of hydrogen-bond acceptors (Lipinski definition) is 0. The second-order valence-corrected chi connectivity index (χ2v) is 0. The first kappa shape index (κ1) is 102. The van der Waals surface area contributed by atoms with Crippen LogP contribution in [0.25, 0.3) is 0 Å². The van der Waals surface area contributed by atoms with Crippen LogP contribution in [0.2, 0.25) is 0 Å². The van der Waals surface area contributed by atoms with Crippen LogP contribution in [-0.2, 0) is 0 Å². The largest absolute Gasteiger partial charge is 1.00 e. The number of halogens is 4. The molecule has 0 unspecified atom stereocenters. The van der Waals surface area contributed by atoms with E-state index in [1.165, 1.54) is 0 Å². The van der Waals surface area contributed by atoms with Crippen LogP contribution in [0.5, 0.6) is 0 Å². The van der Waals surface area contributed by atoms with Gasteiger partial charge < -0.3 is 49.6 Å². The van der Waals surface area contributed by atoms with Crippen LogP contribution in [0, 0.1) is 0 Å². The molecule has 0 aromatic heterocycles. The van der Waals surface area contributed by atoms with E-state index in [0.717, 1.165) is 0 Å². The number of hydrogen-bond donors (Lipinski definition) is 0.